The second-order valence-electron chi connectivity index (χ2n) is 7.08. The highest BCUT2D eigenvalue weighted by molar-refractivity contribution is 5.68. The molecule has 1 aromatic carbocycles. The second kappa shape index (κ2) is 7.14. The van der Waals surface area contributed by atoms with E-state index in [-0.39, 0.29) is 6.09 Å². The van der Waals surface area contributed by atoms with Crippen molar-refractivity contribution in [2.24, 2.45) is 11.7 Å². The molecule has 1 saturated heterocycles. The maximum absolute atomic E-state index is 12.3. The van der Waals surface area contributed by atoms with Crippen molar-refractivity contribution in [3.8, 4) is 0 Å². The van der Waals surface area contributed by atoms with Crippen molar-refractivity contribution in [1.82, 2.24) is 4.90 Å². The van der Waals surface area contributed by atoms with E-state index in [2.05, 4.69) is 12.1 Å². The van der Waals surface area contributed by atoms with Gasteiger partial charge in [-0.3, -0.25) is 0 Å². The van der Waals surface area contributed by atoms with E-state index in [4.69, 9.17) is 10.5 Å². The minimum atomic E-state index is -0.448. The summed E-state index contributed by atoms with van der Waals surface area (Å²) in [6.45, 7) is 7.82. The Labute approximate surface area is 133 Å². The number of hydrogen-bond acceptors (Lipinski definition) is 3. The molecule has 2 rings (SSSR count). The van der Waals surface area contributed by atoms with E-state index in [1.165, 1.54) is 5.56 Å². The van der Waals surface area contributed by atoms with Gasteiger partial charge in [0.2, 0.25) is 0 Å². The van der Waals surface area contributed by atoms with Crippen LogP contribution in [0.3, 0.4) is 0 Å². The first-order valence-corrected chi connectivity index (χ1v) is 8.13. The molecule has 2 unspecified atom stereocenters. The van der Waals surface area contributed by atoms with Crippen LogP contribution in [0.2, 0.25) is 0 Å². The van der Waals surface area contributed by atoms with Crippen molar-refractivity contribution >= 4 is 6.09 Å². The summed E-state index contributed by atoms with van der Waals surface area (Å²) in [5.74, 6) is 0.695. The minimum Gasteiger partial charge on any atom is -0.444 e. The zero-order valence-electron chi connectivity index (χ0n) is 13.9. The number of carbonyl (C=O) groups excluding carboxylic acids is 1. The lowest BCUT2D eigenvalue weighted by molar-refractivity contribution is 0.0152. The molecule has 0 bridgehead atoms. The van der Waals surface area contributed by atoms with E-state index in [1.807, 2.05) is 43.9 Å². The van der Waals surface area contributed by atoms with Gasteiger partial charge in [-0.25, -0.2) is 4.79 Å². The molecule has 2 N–H and O–H groups in total. The average Bonchev–Trinajstić information content (AvgIpc) is 2.48. The molecule has 22 heavy (non-hydrogen) atoms. The lowest BCUT2D eigenvalue weighted by atomic mass is 9.81. The summed E-state index contributed by atoms with van der Waals surface area (Å²) in [6, 6.07) is 10.4. The average molecular weight is 304 g/mol. The van der Waals surface area contributed by atoms with E-state index in [0.29, 0.717) is 18.4 Å². The topological polar surface area (TPSA) is 55.6 Å². The van der Waals surface area contributed by atoms with Crippen LogP contribution < -0.4 is 5.73 Å². The Morgan fingerprint density at radius 1 is 1.36 bits per heavy atom. The van der Waals surface area contributed by atoms with Gasteiger partial charge >= 0.3 is 6.09 Å². The number of amides is 1. The van der Waals surface area contributed by atoms with Gasteiger partial charge in [-0.15, -0.1) is 0 Å². The standard InChI is InChI=1S/C18H28N2O2/c1-18(2,3)22-17(21)20-11-7-10-15(13-20)16(12-19)14-8-5-4-6-9-14/h4-6,8-9,15-16H,7,10-13,19H2,1-3H3. The molecule has 1 aromatic rings. The van der Waals surface area contributed by atoms with Gasteiger partial charge < -0.3 is 15.4 Å². The third-order valence-corrected chi connectivity index (χ3v) is 4.16. The molecule has 0 aromatic heterocycles. The lowest BCUT2D eigenvalue weighted by Crippen LogP contribution is -2.44. The predicted octanol–water partition coefficient (Wildman–Crippen LogP) is 3.38. The monoisotopic (exact) mass is 304 g/mol. The van der Waals surface area contributed by atoms with Gasteiger partial charge in [-0.05, 0) is 51.6 Å². The molecule has 1 heterocycles. The molecule has 1 fully saturated rings. The zero-order valence-corrected chi connectivity index (χ0v) is 13.9. The Hall–Kier alpha value is -1.55. The van der Waals surface area contributed by atoms with E-state index in [1.54, 1.807) is 0 Å². The highest BCUT2D eigenvalue weighted by atomic mass is 16.6. The van der Waals surface area contributed by atoms with Crippen molar-refractivity contribution in [2.45, 2.75) is 45.1 Å². The van der Waals surface area contributed by atoms with Crippen LogP contribution in [0, 0.1) is 5.92 Å². The molecule has 4 nitrogen and oxygen atoms in total. The third-order valence-electron chi connectivity index (χ3n) is 4.16. The second-order valence-corrected chi connectivity index (χ2v) is 7.08. The van der Waals surface area contributed by atoms with Gasteiger partial charge in [0.15, 0.2) is 0 Å². The van der Waals surface area contributed by atoms with E-state index < -0.39 is 5.60 Å². The fourth-order valence-corrected chi connectivity index (χ4v) is 3.13. The summed E-state index contributed by atoms with van der Waals surface area (Å²) in [5, 5.41) is 0. The van der Waals surface area contributed by atoms with E-state index >= 15 is 0 Å². The smallest absolute Gasteiger partial charge is 0.410 e. The molecule has 1 aliphatic heterocycles. The quantitative estimate of drug-likeness (QED) is 0.931. The first kappa shape index (κ1) is 16.8. The maximum atomic E-state index is 12.3. The number of hydrogen-bond donors (Lipinski definition) is 1. The van der Waals surface area contributed by atoms with Crippen molar-refractivity contribution in [1.29, 1.82) is 0 Å². The number of carbonyl (C=O) groups is 1. The predicted molar refractivity (Wildman–Crippen MR) is 88.8 cm³/mol. The molecule has 0 saturated carbocycles. The molecule has 0 aliphatic carbocycles. The fourth-order valence-electron chi connectivity index (χ4n) is 3.13. The van der Waals surface area contributed by atoms with Crippen molar-refractivity contribution in [2.75, 3.05) is 19.6 Å². The van der Waals surface area contributed by atoms with Crippen LogP contribution in [0.15, 0.2) is 30.3 Å². The van der Waals surface area contributed by atoms with Gasteiger partial charge in [0, 0.05) is 19.0 Å². The summed E-state index contributed by atoms with van der Waals surface area (Å²) in [7, 11) is 0. The van der Waals surface area contributed by atoms with E-state index in [9.17, 15) is 4.79 Å². The van der Waals surface area contributed by atoms with Crippen LogP contribution >= 0.6 is 0 Å². The molecule has 0 spiro atoms. The first-order chi connectivity index (χ1) is 10.4. The number of likely N-dealkylation sites (tertiary alicyclic amines) is 1. The molecular weight excluding hydrogens is 276 g/mol. The maximum Gasteiger partial charge on any atom is 0.410 e. The summed E-state index contributed by atoms with van der Waals surface area (Å²) in [4.78, 5) is 14.1. The van der Waals surface area contributed by atoms with Crippen LogP contribution in [0.1, 0.15) is 45.1 Å². The van der Waals surface area contributed by atoms with Crippen LogP contribution in [0.4, 0.5) is 4.79 Å². The normalized spacial score (nSPS) is 20.5. The van der Waals surface area contributed by atoms with E-state index in [0.717, 1.165) is 25.9 Å². The highest BCUT2D eigenvalue weighted by Gasteiger charge is 2.31. The third kappa shape index (κ3) is 4.47. The lowest BCUT2D eigenvalue weighted by Gasteiger charge is -2.37. The number of benzene rings is 1. The fraction of sp³-hybridized carbons (Fsp3) is 0.611. The zero-order chi connectivity index (χ0) is 16.2. The van der Waals surface area contributed by atoms with Crippen molar-refractivity contribution in [3.05, 3.63) is 35.9 Å². The number of rotatable bonds is 3. The Bertz CT molecular complexity index is 482. The van der Waals surface area contributed by atoms with Crippen LogP contribution in [0.25, 0.3) is 0 Å². The Kier molecular flexibility index (Phi) is 5.46. The van der Waals surface area contributed by atoms with Crippen LogP contribution in [-0.4, -0.2) is 36.2 Å². The molecule has 0 radical (unpaired) electrons. The molecular formula is C18H28N2O2. The highest BCUT2D eigenvalue weighted by Crippen LogP contribution is 2.31. The molecule has 1 amide bonds. The molecule has 1 aliphatic rings. The Morgan fingerprint density at radius 3 is 2.64 bits per heavy atom. The molecule has 122 valence electrons. The minimum absolute atomic E-state index is 0.207. The first-order valence-electron chi connectivity index (χ1n) is 8.13. The molecule has 4 heteroatoms. The number of ether oxygens (including phenoxy) is 1. The largest absolute Gasteiger partial charge is 0.444 e. The number of nitrogens with zero attached hydrogens (tertiary/aromatic N) is 1. The van der Waals surface area contributed by atoms with Crippen molar-refractivity contribution in [3.63, 3.8) is 0 Å². The van der Waals surface area contributed by atoms with Gasteiger partial charge in [-0.1, -0.05) is 30.3 Å². The summed E-state index contributed by atoms with van der Waals surface area (Å²) in [6.07, 6.45) is 1.91. The SMILES string of the molecule is CC(C)(C)OC(=O)N1CCCC(C(CN)c2ccccc2)C1. The van der Waals surface area contributed by atoms with Gasteiger partial charge in [0.05, 0.1) is 0 Å². The van der Waals surface area contributed by atoms with Crippen molar-refractivity contribution < 1.29 is 9.53 Å². The number of piperidine rings is 1. The van der Waals surface area contributed by atoms with Crippen LogP contribution in [-0.2, 0) is 4.74 Å². The summed E-state index contributed by atoms with van der Waals surface area (Å²) >= 11 is 0. The number of nitrogens with two attached hydrogens (primary N) is 1. The van der Waals surface area contributed by atoms with Gasteiger partial charge in [-0.2, -0.15) is 0 Å². The summed E-state index contributed by atoms with van der Waals surface area (Å²) in [5.41, 5.74) is 6.84. The molecule has 2 atom stereocenters. The Balaban J connectivity index is 2.04. The Morgan fingerprint density at radius 2 is 2.05 bits per heavy atom. The summed E-state index contributed by atoms with van der Waals surface area (Å²) < 4.78 is 5.50. The van der Waals surface area contributed by atoms with Crippen LogP contribution in [0.5, 0.6) is 0 Å². The van der Waals surface area contributed by atoms with Gasteiger partial charge in [0.25, 0.3) is 0 Å². The van der Waals surface area contributed by atoms with Gasteiger partial charge in [0.1, 0.15) is 5.60 Å².